The molecule has 84 valence electrons. The van der Waals surface area contributed by atoms with Crippen molar-refractivity contribution in [3.63, 3.8) is 0 Å². The number of rotatable bonds is 5. The van der Waals surface area contributed by atoms with Crippen LogP contribution < -0.4 is 4.43 Å². The van der Waals surface area contributed by atoms with Gasteiger partial charge in [0.2, 0.25) is 9.04 Å². The Morgan fingerprint density at radius 1 is 1.33 bits per heavy atom. The Morgan fingerprint density at radius 3 is 2.67 bits per heavy atom. The van der Waals surface area contributed by atoms with E-state index < -0.39 is 9.04 Å². The third-order valence-corrected chi connectivity index (χ3v) is 3.53. The molecule has 0 saturated carbocycles. The molecule has 0 atom stereocenters. The van der Waals surface area contributed by atoms with Gasteiger partial charge in [0.1, 0.15) is 5.75 Å². The summed E-state index contributed by atoms with van der Waals surface area (Å²) in [5.41, 5.74) is 1.34. The highest BCUT2D eigenvalue weighted by atomic mass is 79.9. The first kappa shape index (κ1) is 12.8. The molecule has 0 saturated heterocycles. The van der Waals surface area contributed by atoms with Crippen molar-refractivity contribution in [1.82, 2.24) is 0 Å². The van der Waals surface area contributed by atoms with Gasteiger partial charge < -0.3 is 4.43 Å². The number of para-hydroxylation sites is 1. The average Bonchev–Trinajstić information content (AvgIpc) is 2.18. The van der Waals surface area contributed by atoms with Crippen LogP contribution in [0.2, 0.25) is 13.1 Å². The Labute approximate surface area is 103 Å². The summed E-state index contributed by atoms with van der Waals surface area (Å²) in [5.74, 6) is 1.08. The largest absolute Gasteiger partial charge is 0.546 e. The fourth-order valence-corrected chi connectivity index (χ4v) is 2.91. The Kier molecular flexibility index (Phi) is 5.40. The van der Waals surface area contributed by atoms with E-state index in [-0.39, 0.29) is 0 Å². The summed E-state index contributed by atoms with van der Waals surface area (Å²) in [6, 6.07) is 6.32. The van der Waals surface area contributed by atoms with Crippen LogP contribution in [0.25, 0.3) is 0 Å². The quantitative estimate of drug-likeness (QED) is 0.739. The van der Waals surface area contributed by atoms with Crippen LogP contribution in [-0.4, -0.2) is 9.04 Å². The molecular weight excluding hydrogens is 268 g/mol. The molecule has 1 aromatic carbocycles. The lowest BCUT2D eigenvalue weighted by atomic mass is 10.1. The number of aryl methyl sites for hydroxylation is 1. The predicted octanol–water partition coefficient (Wildman–Crippen LogP) is 4.15. The van der Waals surface area contributed by atoms with Crippen LogP contribution in [0.15, 0.2) is 22.7 Å². The maximum absolute atomic E-state index is 5.97. The fourth-order valence-electron chi connectivity index (χ4n) is 1.49. The third-order valence-electron chi connectivity index (χ3n) is 2.20. The first-order valence-corrected chi connectivity index (χ1v) is 9.16. The van der Waals surface area contributed by atoms with E-state index in [0.29, 0.717) is 0 Å². The van der Waals surface area contributed by atoms with Gasteiger partial charge >= 0.3 is 0 Å². The first-order chi connectivity index (χ1) is 7.15. The molecule has 0 aromatic heterocycles. The summed E-state index contributed by atoms with van der Waals surface area (Å²) in [6.45, 7) is 6.61. The fraction of sp³-hybridized carbons (Fsp3) is 0.500. The standard InChI is InChI=1S/C12H19BrOSi/c1-4-5-7-10-8-6-9-11(13)12(10)14-15(2)3/h6,8-9,15H,4-5,7H2,1-3H3. The number of hydrogen-bond acceptors (Lipinski definition) is 1. The van der Waals surface area contributed by atoms with Crippen molar-refractivity contribution in [3.8, 4) is 5.75 Å². The van der Waals surface area contributed by atoms with E-state index in [9.17, 15) is 0 Å². The van der Waals surface area contributed by atoms with Crippen molar-refractivity contribution in [2.45, 2.75) is 39.3 Å². The zero-order valence-electron chi connectivity index (χ0n) is 9.72. The Bertz CT molecular complexity index is 312. The molecule has 1 nitrogen and oxygen atoms in total. The molecule has 0 amide bonds. The first-order valence-electron chi connectivity index (χ1n) is 5.59. The van der Waals surface area contributed by atoms with E-state index in [2.05, 4.69) is 54.1 Å². The average molecular weight is 287 g/mol. The number of benzene rings is 1. The number of halogens is 1. The summed E-state index contributed by atoms with van der Waals surface area (Å²) >= 11 is 3.56. The minimum atomic E-state index is -1.02. The Hall–Kier alpha value is -0.283. The highest BCUT2D eigenvalue weighted by Crippen LogP contribution is 2.30. The lowest BCUT2D eigenvalue weighted by molar-refractivity contribution is 0.564. The molecule has 0 spiro atoms. The van der Waals surface area contributed by atoms with Crippen LogP contribution in [0.3, 0.4) is 0 Å². The van der Waals surface area contributed by atoms with Gasteiger partial charge in [0.15, 0.2) is 0 Å². The molecule has 15 heavy (non-hydrogen) atoms. The summed E-state index contributed by atoms with van der Waals surface area (Å²) < 4.78 is 7.06. The van der Waals surface area contributed by atoms with E-state index in [1.54, 1.807) is 0 Å². The highest BCUT2D eigenvalue weighted by Gasteiger charge is 2.09. The van der Waals surface area contributed by atoms with Crippen molar-refractivity contribution < 1.29 is 4.43 Å². The van der Waals surface area contributed by atoms with Crippen molar-refractivity contribution in [2.24, 2.45) is 0 Å². The predicted molar refractivity (Wildman–Crippen MR) is 72.3 cm³/mol. The van der Waals surface area contributed by atoms with Gasteiger partial charge in [-0.2, -0.15) is 0 Å². The second kappa shape index (κ2) is 6.33. The maximum atomic E-state index is 5.97. The van der Waals surface area contributed by atoms with E-state index in [0.717, 1.165) is 16.6 Å². The molecule has 1 aromatic rings. The van der Waals surface area contributed by atoms with Crippen molar-refractivity contribution in [1.29, 1.82) is 0 Å². The number of hydrogen-bond donors (Lipinski definition) is 0. The molecule has 0 radical (unpaired) electrons. The molecular formula is C12H19BrOSi. The normalized spacial score (nSPS) is 10.7. The smallest absolute Gasteiger partial charge is 0.229 e. The van der Waals surface area contributed by atoms with Crippen molar-refractivity contribution in [2.75, 3.05) is 0 Å². The second-order valence-corrected chi connectivity index (χ2v) is 7.19. The zero-order valence-corrected chi connectivity index (χ0v) is 12.5. The molecule has 0 aliphatic rings. The van der Waals surface area contributed by atoms with Crippen LogP contribution in [0.4, 0.5) is 0 Å². The van der Waals surface area contributed by atoms with Gasteiger partial charge in [-0.05, 0) is 53.5 Å². The SMILES string of the molecule is CCCCc1cccc(Br)c1O[SiH](C)C. The minimum Gasteiger partial charge on any atom is -0.546 e. The molecule has 1 rings (SSSR count). The molecule has 3 heteroatoms. The van der Waals surface area contributed by atoms with Crippen LogP contribution in [0, 0.1) is 0 Å². The van der Waals surface area contributed by atoms with Crippen molar-refractivity contribution in [3.05, 3.63) is 28.2 Å². The van der Waals surface area contributed by atoms with Gasteiger partial charge in [-0.15, -0.1) is 0 Å². The van der Waals surface area contributed by atoms with Crippen LogP contribution in [0.1, 0.15) is 25.3 Å². The summed E-state index contributed by atoms with van der Waals surface area (Å²) in [5, 5.41) is 0. The molecule has 0 heterocycles. The Balaban J connectivity index is 2.87. The van der Waals surface area contributed by atoms with Crippen molar-refractivity contribution >= 4 is 25.0 Å². The lowest BCUT2D eigenvalue weighted by Crippen LogP contribution is -2.13. The van der Waals surface area contributed by atoms with Gasteiger partial charge in [0.25, 0.3) is 0 Å². The summed E-state index contributed by atoms with van der Waals surface area (Å²) in [6.07, 6.45) is 3.57. The van der Waals surface area contributed by atoms with E-state index in [1.165, 1.54) is 18.4 Å². The maximum Gasteiger partial charge on any atom is 0.229 e. The summed E-state index contributed by atoms with van der Waals surface area (Å²) in [7, 11) is -1.02. The topological polar surface area (TPSA) is 9.23 Å². The van der Waals surface area contributed by atoms with Gasteiger partial charge in [-0.1, -0.05) is 25.5 Å². The molecule has 0 aliphatic heterocycles. The molecule has 0 aliphatic carbocycles. The van der Waals surface area contributed by atoms with Crippen LogP contribution in [0.5, 0.6) is 5.75 Å². The Morgan fingerprint density at radius 2 is 2.07 bits per heavy atom. The molecule has 0 fully saturated rings. The van der Waals surface area contributed by atoms with Gasteiger partial charge in [0, 0.05) is 0 Å². The van der Waals surface area contributed by atoms with Gasteiger partial charge in [-0.3, -0.25) is 0 Å². The van der Waals surface area contributed by atoms with Crippen LogP contribution in [-0.2, 0) is 6.42 Å². The zero-order chi connectivity index (χ0) is 11.3. The van der Waals surface area contributed by atoms with Gasteiger partial charge in [-0.25, -0.2) is 0 Å². The number of unbranched alkanes of at least 4 members (excludes halogenated alkanes) is 1. The molecule has 0 bridgehead atoms. The summed E-state index contributed by atoms with van der Waals surface area (Å²) in [4.78, 5) is 0. The van der Waals surface area contributed by atoms with E-state index in [4.69, 9.17) is 4.43 Å². The minimum absolute atomic E-state index is 1.02. The van der Waals surface area contributed by atoms with Gasteiger partial charge in [0.05, 0.1) is 4.47 Å². The van der Waals surface area contributed by atoms with E-state index in [1.807, 2.05) is 0 Å². The molecule has 0 N–H and O–H groups in total. The van der Waals surface area contributed by atoms with E-state index >= 15 is 0 Å². The second-order valence-electron chi connectivity index (χ2n) is 4.00. The highest BCUT2D eigenvalue weighted by molar-refractivity contribution is 9.10. The van der Waals surface area contributed by atoms with Crippen LogP contribution >= 0.6 is 15.9 Å². The molecule has 0 unspecified atom stereocenters. The lowest BCUT2D eigenvalue weighted by Gasteiger charge is -2.15. The monoisotopic (exact) mass is 286 g/mol. The third kappa shape index (κ3) is 3.99.